The number of hydrogen-bond acceptors (Lipinski definition) is 2. The topological polar surface area (TPSA) is 23.6 Å². The maximum absolute atomic E-state index is 12.9. The van der Waals surface area contributed by atoms with Crippen molar-refractivity contribution in [1.82, 2.24) is 4.90 Å². The van der Waals surface area contributed by atoms with E-state index in [4.69, 9.17) is 0 Å². The number of para-hydroxylation sites is 1. The van der Waals surface area contributed by atoms with E-state index >= 15 is 0 Å². The predicted molar refractivity (Wildman–Crippen MR) is 94.6 cm³/mol. The highest BCUT2D eigenvalue weighted by Gasteiger charge is 2.29. The Morgan fingerprint density at radius 3 is 2.65 bits per heavy atom. The van der Waals surface area contributed by atoms with Gasteiger partial charge in [-0.1, -0.05) is 42.5 Å². The predicted octanol–water partition coefficient (Wildman–Crippen LogP) is 3.40. The number of carbonyl (C=O) groups is 1. The van der Waals surface area contributed by atoms with Gasteiger partial charge in [-0.15, -0.1) is 0 Å². The van der Waals surface area contributed by atoms with Gasteiger partial charge in [-0.2, -0.15) is 0 Å². The fourth-order valence-electron chi connectivity index (χ4n) is 3.17. The summed E-state index contributed by atoms with van der Waals surface area (Å²) in [5.41, 5.74) is 4.89. The lowest BCUT2D eigenvalue weighted by atomic mass is 10.1. The largest absolute Gasteiger partial charge is 0.310 e. The van der Waals surface area contributed by atoms with E-state index in [0.717, 1.165) is 25.2 Å². The Bertz CT molecular complexity index is 710. The van der Waals surface area contributed by atoms with Crippen LogP contribution < -0.4 is 4.90 Å². The van der Waals surface area contributed by atoms with E-state index in [0.29, 0.717) is 0 Å². The number of hydrogen-bond donors (Lipinski definition) is 0. The molecule has 0 aromatic heterocycles. The summed E-state index contributed by atoms with van der Waals surface area (Å²) < 4.78 is 0. The molecule has 3 heteroatoms. The van der Waals surface area contributed by atoms with Gasteiger partial charge in [0.25, 0.3) is 0 Å². The molecule has 1 aliphatic heterocycles. The van der Waals surface area contributed by atoms with Crippen molar-refractivity contribution in [2.45, 2.75) is 32.9 Å². The highest BCUT2D eigenvalue weighted by molar-refractivity contribution is 5.98. The monoisotopic (exact) mass is 308 g/mol. The van der Waals surface area contributed by atoms with Crippen molar-refractivity contribution >= 4 is 11.6 Å². The molecule has 2 aromatic rings. The molecule has 1 aliphatic rings. The molecule has 0 unspecified atom stereocenters. The lowest BCUT2D eigenvalue weighted by Crippen LogP contribution is -2.45. The first kappa shape index (κ1) is 15.8. The van der Waals surface area contributed by atoms with Gasteiger partial charge in [-0.3, -0.25) is 9.69 Å². The molecule has 3 nitrogen and oxygen atoms in total. The molecule has 0 N–H and O–H groups in total. The Balaban J connectivity index is 1.72. The molecule has 1 heterocycles. The summed E-state index contributed by atoms with van der Waals surface area (Å²) in [5.74, 6) is 0.186. The van der Waals surface area contributed by atoms with E-state index in [-0.39, 0.29) is 11.9 Å². The molecule has 0 bridgehead atoms. The first-order valence-corrected chi connectivity index (χ1v) is 8.22. The van der Waals surface area contributed by atoms with Crippen molar-refractivity contribution in [2.24, 2.45) is 0 Å². The van der Waals surface area contributed by atoms with Gasteiger partial charge in [-0.05, 0) is 50.1 Å². The number of rotatable bonds is 4. The highest BCUT2D eigenvalue weighted by Crippen LogP contribution is 2.28. The number of carbonyl (C=O) groups excluding carboxylic acids is 1. The summed E-state index contributed by atoms with van der Waals surface area (Å²) in [4.78, 5) is 17.0. The van der Waals surface area contributed by atoms with Crippen molar-refractivity contribution in [3.63, 3.8) is 0 Å². The smallest absolute Gasteiger partial charge is 0.244 e. The second-order valence-electron chi connectivity index (χ2n) is 6.39. The van der Waals surface area contributed by atoms with Crippen LogP contribution in [0.5, 0.6) is 0 Å². The van der Waals surface area contributed by atoms with Crippen molar-refractivity contribution in [2.75, 3.05) is 18.5 Å². The quantitative estimate of drug-likeness (QED) is 0.864. The molecule has 3 rings (SSSR count). The number of likely N-dealkylation sites (N-methyl/N-ethyl adjacent to an activating group) is 1. The van der Waals surface area contributed by atoms with Crippen molar-refractivity contribution in [3.8, 4) is 0 Å². The van der Waals surface area contributed by atoms with Crippen LogP contribution >= 0.6 is 0 Å². The summed E-state index contributed by atoms with van der Waals surface area (Å²) in [6.07, 6.45) is 0.955. The minimum atomic E-state index is -0.138. The number of fused-ring (bicyclic) bond motifs is 1. The Kier molecular flexibility index (Phi) is 4.49. The number of nitrogens with zero attached hydrogens (tertiary/aromatic N) is 2. The van der Waals surface area contributed by atoms with Gasteiger partial charge < -0.3 is 4.90 Å². The van der Waals surface area contributed by atoms with Crippen LogP contribution in [0.15, 0.2) is 48.5 Å². The average molecular weight is 308 g/mol. The first-order valence-electron chi connectivity index (χ1n) is 8.22. The summed E-state index contributed by atoms with van der Waals surface area (Å²) in [6, 6.07) is 16.4. The van der Waals surface area contributed by atoms with Crippen LogP contribution in [0.1, 0.15) is 23.6 Å². The first-order chi connectivity index (χ1) is 11.1. The van der Waals surface area contributed by atoms with Crippen LogP contribution in [0.4, 0.5) is 5.69 Å². The maximum Gasteiger partial charge on any atom is 0.244 e. The van der Waals surface area contributed by atoms with Crippen molar-refractivity contribution in [3.05, 3.63) is 65.2 Å². The van der Waals surface area contributed by atoms with Crippen molar-refractivity contribution in [1.29, 1.82) is 0 Å². The molecule has 1 atom stereocenters. The molecule has 0 saturated heterocycles. The molecule has 120 valence electrons. The van der Waals surface area contributed by atoms with Gasteiger partial charge in [0.15, 0.2) is 0 Å². The van der Waals surface area contributed by atoms with E-state index in [9.17, 15) is 4.79 Å². The molecule has 0 fully saturated rings. The van der Waals surface area contributed by atoms with Gasteiger partial charge in [0.2, 0.25) is 5.91 Å². The summed E-state index contributed by atoms with van der Waals surface area (Å²) in [7, 11) is 2.02. The molecule has 0 spiro atoms. The summed E-state index contributed by atoms with van der Waals surface area (Å²) in [5, 5.41) is 0. The van der Waals surface area contributed by atoms with Crippen LogP contribution in [0.3, 0.4) is 0 Å². The molecule has 23 heavy (non-hydrogen) atoms. The third kappa shape index (κ3) is 3.15. The van der Waals surface area contributed by atoms with E-state index in [2.05, 4.69) is 42.2 Å². The zero-order valence-corrected chi connectivity index (χ0v) is 14.1. The van der Waals surface area contributed by atoms with Crippen LogP contribution in [-0.2, 0) is 17.8 Å². The fraction of sp³-hybridized carbons (Fsp3) is 0.350. The fourth-order valence-corrected chi connectivity index (χ4v) is 3.17. The number of aryl methyl sites for hydroxylation is 1. The third-order valence-corrected chi connectivity index (χ3v) is 4.85. The van der Waals surface area contributed by atoms with Gasteiger partial charge in [0, 0.05) is 18.8 Å². The van der Waals surface area contributed by atoms with Crippen LogP contribution in [-0.4, -0.2) is 30.4 Å². The van der Waals surface area contributed by atoms with E-state index in [1.54, 1.807) is 0 Å². The Labute approximate surface area is 138 Å². The van der Waals surface area contributed by atoms with E-state index in [1.165, 1.54) is 16.7 Å². The zero-order valence-electron chi connectivity index (χ0n) is 14.1. The highest BCUT2D eigenvalue weighted by atomic mass is 16.2. The minimum Gasteiger partial charge on any atom is -0.310 e. The molecular formula is C20H24N2O. The molecule has 1 amide bonds. The Morgan fingerprint density at radius 2 is 1.87 bits per heavy atom. The number of amides is 1. The average Bonchev–Trinajstić information content (AvgIpc) is 2.99. The third-order valence-electron chi connectivity index (χ3n) is 4.85. The minimum absolute atomic E-state index is 0.138. The van der Waals surface area contributed by atoms with Gasteiger partial charge in [-0.25, -0.2) is 0 Å². The van der Waals surface area contributed by atoms with E-state index < -0.39 is 0 Å². The zero-order chi connectivity index (χ0) is 16.4. The molecule has 0 radical (unpaired) electrons. The van der Waals surface area contributed by atoms with Crippen LogP contribution in [0, 0.1) is 6.92 Å². The van der Waals surface area contributed by atoms with Gasteiger partial charge in [0.05, 0.1) is 6.04 Å². The van der Waals surface area contributed by atoms with E-state index in [1.807, 2.05) is 37.1 Å². The van der Waals surface area contributed by atoms with Crippen LogP contribution in [0.2, 0.25) is 0 Å². The molecule has 2 aromatic carbocycles. The molecule has 0 saturated carbocycles. The normalized spacial score (nSPS) is 14.9. The summed E-state index contributed by atoms with van der Waals surface area (Å²) in [6.45, 7) is 5.70. The standard InChI is InChI=1S/C20H24N2O/c1-15-8-4-5-10-18(15)14-21(3)16(2)20(23)22-13-12-17-9-6-7-11-19(17)22/h4-11,16H,12-14H2,1-3H3/t16-/m1/s1. The maximum atomic E-state index is 12.9. The Hall–Kier alpha value is -2.13. The Morgan fingerprint density at radius 1 is 1.17 bits per heavy atom. The lowest BCUT2D eigenvalue weighted by Gasteiger charge is -2.28. The SMILES string of the molecule is Cc1ccccc1CN(C)[C@H](C)C(=O)N1CCc2ccccc21. The molecular weight excluding hydrogens is 284 g/mol. The van der Waals surface area contributed by atoms with Crippen LogP contribution in [0.25, 0.3) is 0 Å². The van der Waals surface area contributed by atoms with Gasteiger partial charge >= 0.3 is 0 Å². The van der Waals surface area contributed by atoms with Crippen molar-refractivity contribution < 1.29 is 4.79 Å². The van der Waals surface area contributed by atoms with Gasteiger partial charge in [0.1, 0.15) is 0 Å². The molecule has 0 aliphatic carbocycles. The summed E-state index contributed by atoms with van der Waals surface area (Å²) >= 11 is 0. The second-order valence-corrected chi connectivity index (χ2v) is 6.39. The number of anilines is 1. The second kappa shape index (κ2) is 6.55. The lowest BCUT2D eigenvalue weighted by molar-refractivity contribution is -0.122. The number of benzene rings is 2.